The third kappa shape index (κ3) is 5.92. The molecule has 2 amide bonds. The van der Waals surface area contributed by atoms with E-state index in [9.17, 15) is 27.5 Å². The van der Waals surface area contributed by atoms with Crippen LogP contribution in [0, 0.1) is 11.6 Å². The van der Waals surface area contributed by atoms with Gasteiger partial charge in [0.25, 0.3) is 0 Å². The van der Waals surface area contributed by atoms with E-state index in [1.165, 1.54) is 23.2 Å². The summed E-state index contributed by atoms with van der Waals surface area (Å²) in [5.41, 5.74) is 1.01. The van der Waals surface area contributed by atoms with E-state index < -0.39 is 38.5 Å². The Labute approximate surface area is 252 Å². The number of aromatic amines is 1. The number of sulfone groups is 1. The van der Waals surface area contributed by atoms with Crippen molar-refractivity contribution in [3.63, 3.8) is 0 Å². The molecule has 2 aromatic carbocycles. The van der Waals surface area contributed by atoms with E-state index in [1.54, 1.807) is 39.0 Å². The second kappa shape index (κ2) is 11.8. The lowest BCUT2D eigenvalue weighted by atomic mass is 10.1. The molecule has 1 aliphatic rings. The van der Waals surface area contributed by atoms with Gasteiger partial charge in [-0.1, -0.05) is 18.2 Å². The number of H-pyrrole nitrogens is 1. The number of aromatic nitrogens is 3. The molecule has 0 saturated carbocycles. The first-order valence-corrected chi connectivity index (χ1v) is 15.6. The quantitative estimate of drug-likeness (QED) is 0.232. The number of nitrogens with one attached hydrogen (secondary N) is 3. The summed E-state index contributed by atoms with van der Waals surface area (Å²) in [5.74, 6) is -2.23. The smallest absolute Gasteiger partial charge is 0.407 e. The summed E-state index contributed by atoms with van der Waals surface area (Å²) >= 11 is 0. The van der Waals surface area contributed by atoms with Gasteiger partial charge in [0.1, 0.15) is 10.6 Å². The average molecular weight is 628 g/mol. The number of carboxylic acid groups (broad SMARTS) is 1. The Morgan fingerprint density at radius 2 is 1.75 bits per heavy atom. The number of hydrogen-bond donors (Lipinski definition) is 4. The molecule has 0 bridgehead atoms. The standard InChI is InChI=1S/C29H31F2N7O5S/c1-15-13-37(14-16(2)38(15)29(40)41)17(3)27(39)34-22-9-5-7-18-19(11-32-26(18)22)25-20(30)12-33-28(36-25)35-21-8-6-10-23(24(21)31)44(4,42)43/h5-12,15-17,32H,13-14H2,1-4H3,(H,34,39)(H,40,41)(H,33,35,36)/t15-,16-,17?/m0/s1. The van der Waals surface area contributed by atoms with Gasteiger partial charge in [-0.3, -0.25) is 9.69 Å². The maximum Gasteiger partial charge on any atom is 0.407 e. The molecule has 44 heavy (non-hydrogen) atoms. The molecule has 4 N–H and O–H groups in total. The first kappa shape index (κ1) is 30.8. The van der Waals surface area contributed by atoms with Crippen molar-refractivity contribution in [2.75, 3.05) is 30.0 Å². The second-order valence-electron chi connectivity index (χ2n) is 10.8. The lowest BCUT2D eigenvalue weighted by Gasteiger charge is -2.44. The first-order chi connectivity index (χ1) is 20.8. The summed E-state index contributed by atoms with van der Waals surface area (Å²) in [6.07, 6.45) is 2.34. The molecule has 2 aromatic heterocycles. The molecular formula is C29H31F2N7O5S. The Morgan fingerprint density at radius 1 is 1.09 bits per heavy atom. The van der Waals surface area contributed by atoms with E-state index in [-0.39, 0.29) is 35.3 Å². The maximum atomic E-state index is 15.0. The van der Waals surface area contributed by atoms with Crippen LogP contribution in [0.2, 0.25) is 0 Å². The molecule has 1 aliphatic heterocycles. The minimum absolute atomic E-state index is 0.107. The Morgan fingerprint density at radius 3 is 2.41 bits per heavy atom. The number of benzene rings is 2. The van der Waals surface area contributed by atoms with Crippen LogP contribution in [0.5, 0.6) is 0 Å². The van der Waals surface area contributed by atoms with Crippen LogP contribution in [0.1, 0.15) is 20.8 Å². The lowest BCUT2D eigenvalue weighted by molar-refractivity contribution is -0.122. The summed E-state index contributed by atoms with van der Waals surface area (Å²) in [6, 6.07) is 7.78. The molecule has 4 aromatic rings. The van der Waals surface area contributed by atoms with Crippen molar-refractivity contribution in [1.29, 1.82) is 0 Å². The molecule has 3 atom stereocenters. The molecule has 0 radical (unpaired) electrons. The van der Waals surface area contributed by atoms with Gasteiger partial charge in [0.15, 0.2) is 21.5 Å². The number of para-hydroxylation sites is 1. The fourth-order valence-electron chi connectivity index (χ4n) is 5.54. The van der Waals surface area contributed by atoms with Crippen molar-refractivity contribution in [2.24, 2.45) is 0 Å². The van der Waals surface area contributed by atoms with Crippen molar-refractivity contribution in [1.82, 2.24) is 24.8 Å². The summed E-state index contributed by atoms with van der Waals surface area (Å²) in [4.78, 5) is 38.9. The summed E-state index contributed by atoms with van der Waals surface area (Å²) < 4.78 is 53.7. The number of halogens is 2. The van der Waals surface area contributed by atoms with E-state index >= 15 is 4.39 Å². The monoisotopic (exact) mass is 627 g/mol. The van der Waals surface area contributed by atoms with Gasteiger partial charge in [-0.25, -0.2) is 32.0 Å². The van der Waals surface area contributed by atoms with Crippen LogP contribution in [0.3, 0.4) is 0 Å². The Hall–Kier alpha value is -4.63. The van der Waals surface area contributed by atoms with E-state index in [2.05, 4.69) is 25.6 Å². The molecule has 0 spiro atoms. The zero-order valence-electron chi connectivity index (χ0n) is 24.3. The molecule has 0 aliphatic carbocycles. The van der Waals surface area contributed by atoms with Crippen LogP contribution in [0.15, 0.2) is 53.7 Å². The molecule has 1 saturated heterocycles. The van der Waals surface area contributed by atoms with Crippen LogP contribution in [0.25, 0.3) is 22.2 Å². The second-order valence-corrected chi connectivity index (χ2v) is 12.8. The van der Waals surface area contributed by atoms with Crippen molar-refractivity contribution in [2.45, 2.75) is 43.8 Å². The number of rotatable bonds is 7. The van der Waals surface area contributed by atoms with Crippen molar-refractivity contribution < 1.29 is 31.9 Å². The van der Waals surface area contributed by atoms with Crippen molar-refractivity contribution in [3.05, 3.63) is 60.4 Å². The van der Waals surface area contributed by atoms with Gasteiger partial charge in [0.05, 0.1) is 29.1 Å². The summed E-state index contributed by atoms with van der Waals surface area (Å²) in [6.45, 7) is 6.16. The highest BCUT2D eigenvalue weighted by Crippen LogP contribution is 2.34. The van der Waals surface area contributed by atoms with Crippen LogP contribution < -0.4 is 10.6 Å². The highest BCUT2D eigenvalue weighted by atomic mass is 32.2. The first-order valence-electron chi connectivity index (χ1n) is 13.7. The van der Waals surface area contributed by atoms with Gasteiger partial charge in [0, 0.05) is 48.6 Å². The van der Waals surface area contributed by atoms with Crippen LogP contribution in [-0.4, -0.2) is 87.7 Å². The number of anilines is 3. The van der Waals surface area contributed by atoms with E-state index in [1.807, 2.05) is 4.90 Å². The number of hydrogen-bond acceptors (Lipinski definition) is 8. The molecule has 3 heterocycles. The molecule has 5 rings (SSSR count). The highest BCUT2D eigenvalue weighted by Gasteiger charge is 2.36. The van der Waals surface area contributed by atoms with Gasteiger partial charge >= 0.3 is 6.09 Å². The normalized spacial score (nSPS) is 18.3. The zero-order valence-corrected chi connectivity index (χ0v) is 25.1. The third-order valence-electron chi connectivity index (χ3n) is 7.68. The SMILES string of the molecule is CC(C(=O)Nc1cccc2c(-c3nc(Nc4cccc(S(C)(=O)=O)c4F)ncc3F)c[nH]c12)N1C[C@H](C)N(C(=O)O)[C@@H](C)C1. The van der Waals surface area contributed by atoms with E-state index in [0.29, 0.717) is 35.2 Å². The molecular weight excluding hydrogens is 596 g/mol. The third-order valence-corrected chi connectivity index (χ3v) is 8.79. The zero-order chi connectivity index (χ0) is 31.9. The van der Waals surface area contributed by atoms with Crippen molar-refractivity contribution in [3.8, 4) is 11.3 Å². The van der Waals surface area contributed by atoms with Gasteiger partial charge in [-0.2, -0.15) is 0 Å². The fourth-order valence-corrected chi connectivity index (χ4v) is 6.31. The maximum absolute atomic E-state index is 15.0. The lowest BCUT2D eigenvalue weighted by Crippen LogP contribution is -2.61. The predicted molar refractivity (Wildman–Crippen MR) is 161 cm³/mol. The Bertz CT molecular complexity index is 1850. The topological polar surface area (TPSA) is 161 Å². The number of fused-ring (bicyclic) bond motifs is 1. The minimum Gasteiger partial charge on any atom is -0.465 e. The highest BCUT2D eigenvalue weighted by molar-refractivity contribution is 7.90. The van der Waals surface area contributed by atoms with Crippen molar-refractivity contribution >= 4 is 50.1 Å². The average Bonchev–Trinajstić information content (AvgIpc) is 3.38. The predicted octanol–water partition coefficient (Wildman–Crippen LogP) is 4.45. The largest absolute Gasteiger partial charge is 0.465 e. The van der Waals surface area contributed by atoms with Crippen LogP contribution >= 0.6 is 0 Å². The molecule has 232 valence electrons. The summed E-state index contributed by atoms with van der Waals surface area (Å²) in [7, 11) is -3.83. The van der Waals surface area contributed by atoms with Crippen LogP contribution in [-0.2, 0) is 14.6 Å². The summed E-state index contributed by atoms with van der Waals surface area (Å²) in [5, 5.41) is 15.6. The molecule has 12 nitrogen and oxygen atoms in total. The van der Waals surface area contributed by atoms with Crippen LogP contribution in [0.4, 0.5) is 30.9 Å². The number of carbonyl (C=O) groups is 2. The van der Waals surface area contributed by atoms with E-state index in [4.69, 9.17) is 0 Å². The molecule has 15 heteroatoms. The number of nitrogens with zero attached hydrogens (tertiary/aromatic N) is 4. The van der Waals surface area contributed by atoms with Gasteiger partial charge in [0.2, 0.25) is 11.9 Å². The van der Waals surface area contributed by atoms with Gasteiger partial charge < -0.3 is 25.6 Å². The fraction of sp³-hybridized carbons (Fsp3) is 0.310. The number of amides is 2. The van der Waals surface area contributed by atoms with E-state index in [0.717, 1.165) is 18.5 Å². The minimum atomic E-state index is -3.83. The number of carbonyl (C=O) groups excluding carboxylic acids is 1. The Kier molecular flexibility index (Phi) is 8.27. The van der Waals surface area contributed by atoms with Gasteiger partial charge in [-0.15, -0.1) is 0 Å². The molecule has 1 fully saturated rings. The Balaban J connectivity index is 1.39. The number of piperazine rings is 1. The molecule has 1 unspecified atom stereocenters. The van der Waals surface area contributed by atoms with Gasteiger partial charge in [-0.05, 0) is 39.0 Å².